The predicted molar refractivity (Wildman–Crippen MR) is 210 cm³/mol. The van der Waals surface area contributed by atoms with Crippen LogP contribution in [0, 0.1) is 11.8 Å². The molecule has 0 spiro atoms. The van der Waals surface area contributed by atoms with Crippen LogP contribution in [0.1, 0.15) is 89.6 Å². The maximum Gasteiger partial charge on any atom is 0.253 e. The van der Waals surface area contributed by atoms with Gasteiger partial charge in [-0.25, -0.2) is 0 Å². The molecule has 56 heavy (non-hydrogen) atoms. The highest BCUT2D eigenvalue weighted by Gasteiger charge is 2.49. The van der Waals surface area contributed by atoms with Crippen LogP contribution in [0.15, 0.2) is 84.9 Å². The van der Waals surface area contributed by atoms with E-state index in [1.807, 2.05) is 36.4 Å². The van der Waals surface area contributed by atoms with E-state index in [1.54, 1.807) is 34.1 Å². The smallest absolute Gasteiger partial charge is 0.253 e. The van der Waals surface area contributed by atoms with Crippen LogP contribution in [0.3, 0.4) is 0 Å². The topological polar surface area (TPSA) is 148 Å². The van der Waals surface area contributed by atoms with Crippen LogP contribution >= 0.6 is 0 Å². The molecule has 2 saturated heterocycles. The first kappa shape index (κ1) is 38.7. The highest BCUT2D eigenvalue weighted by atomic mass is 16.2. The summed E-state index contributed by atoms with van der Waals surface area (Å²) in [5.41, 5.74) is 3.02. The van der Waals surface area contributed by atoms with Gasteiger partial charge in [0.1, 0.15) is 6.04 Å². The van der Waals surface area contributed by atoms with Crippen molar-refractivity contribution in [2.75, 3.05) is 39.3 Å². The van der Waals surface area contributed by atoms with E-state index >= 15 is 0 Å². The molecule has 12 nitrogen and oxygen atoms in total. The summed E-state index contributed by atoms with van der Waals surface area (Å²) in [6.45, 7) is 4.80. The Hall–Kier alpha value is -5.52. The normalized spacial score (nSPS) is 25.2. The largest absolute Gasteiger partial charge is 0.354 e. The molecule has 2 saturated carbocycles. The molecule has 0 unspecified atom stereocenters. The van der Waals surface area contributed by atoms with Gasteiger partial charge in [0, 0.05) is 74.7 Å². The van der Waals surface area contributed by atoms with Crippen molar-refractivity contribution >= 4 is 35.4 Å². The Balaban J connectivity index is 1.00. The quantitative estimate of drug-likeness (QED) is 0.227. The summed E-state index contributed by atoms with van der Waals surface area (Å²) in [4.78, 5) is 85.3. The molecule has 7 rings (SSSR count). The van der Waals surface area contributed by atoms with Crippen molar-refractivity contribution in [2.45, 2.75) is 75.9 Å². The summed E-state index contributed by atoms with van der Waals surface area (Å²) in [6.07, 6.45) is 4.50. The van der Waals surface area contributed by atoms with E-state index in [1.165, 1.54) is 23.0 Å². The molecule has 2 aliphatic heterocycles. The lowest BCUT2D eigenvalue weighted by atomic mass is 9.94. The van der Waals surface area contributed by atoms with Crippen molar-refractivity contribution in [3.8, 4) is 0 Å². The zero-order valence-corrected chi connectivity index (χ0v) is 32.2. The van der Waals surface area contributed by atoms with Crippen LogP contribution in [0.2, 0.25) is 0 Å². The summed E-state index contributed by atoms with van der Waals surface area (Å²) < 4.78 is 0. The average molecular weight is 761 g/mol. The van der Waals surface area contributed by atoms with Gasteiger partial charge in [-0.3, -0.25) is 28.8 Å². The zero-order chi connectivity index (χ0) is 39.3. The van der Waals surface area contributed by atoms with Crippen LogP contribution in [-0.4, -0.2) is 108 Å². The number of nitrogens with zero attached hydrogens (tertiary/aromatic N) is 3. The lowest BCUT2D eigenvalue weighted by Gasteiger charge is -2.40. The minimum Gasteiger partial charge on any atom is -0.354 e. The molecule has 3 aromatic rings. The summed E-state index contributed by atoms with van der Waals surface area (Å²) in [6, 6.07) is 25.6. The Morgan fingerprint density at radius 3 is 1.59 bits per heavy atom. The second kappa shape index (κ2) is 17.1. The molecule has 3 aromatic carbocycles. The molecule has 6 amide bonds. The highest BCUT2D eigenvalue weighted by Crippen LogP contribution is 2.42. The van der Waals surface area contributed by atoms with Crippen molar-refractivity contribution < 1.29 is 28.8 Å². The number of likely N-dealkylation sites (tertiary alicyclic amines) is 1. The number of carbonyl (C=O) groups excluding carboxylic acids is 6. The monoisotopic (exact) mass is 760 g/mol. The number of amides is 6. The fraction of sp³-hybridized carbons (Fsp3) is 0.455. The van der Waals surface area contributed by atoms with Gasteiger partial charge in [0.05, 0.1) is 18.4 Å². The first-order valence-electron chi connectivity index (χ1n) is 20.1. The van der Waals surface area contributed by atoms with Gasteiger partial charge >= 0.3 is 0 Å². The van der Waals surface area contributed by atoms with Crippen LogP contribution in [0.4, 0.5) is 0 Å². The SMILES string of the molecule is CCCCCNC(=O)[C@@H]1CN(C(=O)c2ccc(C(=O)N3C[C@@H](C(=O)N[C@H]4C[C@@H]4c4ccccc4)[C@H](C(=O)N[C@H]4C[C@@H]4c4ccccc4)C3)cc2)CCN1C(C)=O. The maximum absolute atomic E-state index is 13.9. The number of benzene rings is 3. The third-order valence-electron chi connectivity index (χ3n) is 11.8. The van der Waals surface area contributed by atoms with E-state index < -0.39 is 17.9 Å². The molecule has 2 aliphatic carbocycles. The molecule has 4 aliphatic rings. The van der Waals surface area contributed by atoms with Crippen molar-refractivity contribution in [1.29, 1.82) is 0 Å². The zero-order valence-electron chi connectivity index (χ0n) is 32.2. The number of rotatable bonds is 13. The van der Waals surface area contributed by atoms with Crippen LogP contribution in [0.25, 0.3) is 0 Å². The van der Waals surface area contributed by atoms with E-state index in [0.29, 0.717) is 17.7 Å². The predicted octanol–water partition coefficient (Wildman–Crippen LogP) is 3.70. The van der Waals surface area contributed by atoms with Gasteiger partial charge in [-0.15, -0.1) is 0 Å². The maximum atomic E-state index is 13.9. The molecule has 0 radical (unpaired) electrons. The van der Waals surface area contributed by atoms with Gasteiger partial charge in [0.25, 0.3) is 11.8 Å². The molecule has 7 atom stereocenters. The molecule has 0 aromatic heterocycles. The Labute approximate surface area is 328 Å². The number of piperazine rings is 1. The fourth-order valence-corrected chi connectivity index (χ4v) is 8.32. The number of carbonyl (C=O) groups is 6. The second-order valence-electron chi connectivity index (χ2n) is 15.7. The summed E-state index contributed by atoms with van der Waals surface area (Å²) in [5.74, 6) is -2.54. The van der Waals surface area contributed by atoms with Gasteiger partial charge in [-0.2, -0.15) is 0 Å². The van der Waals surface area contributed by atoms with Crippen LogP contribution in [0.5, 0.6) is 0 Å². The van der Waals surface area contributed by atoms with E-state index in [0.717, 1.165) is 32.1 Å². The number of hydrogen-bond acceptors (Lipinski definition) is 6. The Morgan fingerprint density at radius 2 is 1.11 bits per heavy atom. The van der Waals surface area contributed by atoms with Crippen LogP contribution in [-0.2, 0) is 19.2 Å². The molecule has 0 bridgehead atoms. The average Bonchev–Trinajstić information content (AvgIpc) is 4.13. The molecular formula is C44H52N6O6. The second-order valence-corrected chi connectivity index (χ2v) is 15.7. The molecule has 294 valence electrons. The molecule has 4 fully saturated rings. The number of hydrogen-bond donors (Lipinski definition) is 3. The molecular weight excluding hydrogens is 709 g/mol. The van der Waals surface area contributed by atoms with E-state index in [9.17, 15) is 28.8 Å². The third-order valence-corrected chi connectivity index (χ3v) is 11.8. The number of unbranched alkanes of at least 4 members (excludes halogenated alkanes) is 2. The summed E-state index contributed by atoms with van der Waals surface area (Å²) in [7, 11) is 0. The molecule has 2 heterocycles. The summed E-state index contributed by atoms with van der Waals surface area (Å²) >= 11 is 0. The molecule has 12 heteroatoms. The van der Waals surface area contributed by atoms with E-state index in [-0.39, 0.29) is 92.1 Å². The van der Waals surface area contributed by atoms with Crippen molar-refractivity contribution in [1.82, 2.24) is 30.7 Å². The summed E-state index contributed by atoms with van der Waals surface area (Å²) in [5, 5.41) is 9.26. The first-order chi connectivity index (χ1) is 27.1. The Bertz CT molecular complexity index is 1850. The lowest BCUT2D eigenvalue weighted by molar-refractivity contribution is -0.141. The first-order valence-corrected chi connectivity index (χ1v) is 20.1. The van der Waals surface area contributed by atoms with Crippen LogP contribution < -0.4 is 16.0 Å². The number of nitrogens with one attached hydrogen (secondary N) is 3. The minimum atomic E-state index is -0.786. The third kappa shape index (κ3) is 8.79. The van der Waals surface area contributed by atoms with Crippen molar-refractivity contribution in [3.63, 3.8) is 0 Å². The standard InChI is InChI=1S/C44H52N6O6/c1-3-4-11-20-45-42(54)39-27-48(21-22-50(39)28(2)51)43(55)31-16-18-32(19-17-31)44(56)49-25-35(40(52)46-37-23-33(37)29-12-7-5-8-13-29)36(26-49)41(53)47-38-24-34(38)30-14-9-6-10-15-30/h5-10,12-19,33-39H,3-4,11,20-27H2,1-2H3,(H,45,54)(H,46,52)(H,47,53)/t33-,34-,35-,36-,37+,38+,39+/m1/s1. The molecule has 3 N–H and O–H groups in total. The van der Waals surface area contributed by atoms with Crippen molar-refractivity contribution in [3.05, 3.63) is 107 Å². The van der Waals surface area contributed by atoms with Gasteiger partial charge in [-0.1, -0.05) is 80.4 Å². The van der Waals surface area contributed by atoms with Gasteiger partial charge in [-0.05, 0) is 54.7 Å². The Kier molecular flexibility index (Phi) is 11.8. The lowest BCUT2D eigenvalue weighted by Crippen LogP contribution is -2.61. The minimum absolute atomic E-state index is 0.0183. The Morgan fingerprint density at radius 1 is 0.607 bits per heavy atom. The fourth-order valence-electron chi connectivity index (χ4n) is 8.32. The van der Waals surface area contributed by atoms with Gasteiger partial charge < -0.3 is 30.7 Å². The highest BCUT2D eigenvalue weighted by molar-refractivity contribution is 5.99. The van der Waals surface area contributed by atoms with Crippen molar-refractivity contribution in [2.24, 2.45) is 11.8 Å². The van der Waals surface area contributed by atoms with E-state index in [4.69, 9.17) is 0 Å². The van der Waals surface area contributed by atoms with Gasteiger partial charge in [0.2, 0.25) is 23.6 Å². The van der Waals surface area contributed by atoms with E-state index in [2.05, 4.69) is 47.1 Å². The van der Waals surface area contributed by atoms with Gasteiger partial charge in [0.15, 0.2) is 0 Å².